The number of hydrogen-bond donors (Lipinski definition) is 1. The van der Waals surface area contributed by atoms with Crippen LogP contribution in [0.4, 0.5) is 5.69 Å². The Morgan fingerprint density at radius 3 is 2.94 bits per heavy atom. The monoisotopic (exact) mass is 231 g/mol. The smallest absolute Gasteiger partial charge is 0.153 e. The highest BCUT2D eigenvalue weighted by Crippen LogP contribution is 2.17. The van der Waals surface area contributed by atoms with Crippen LogP contribution in [0.3, 0.4) is 0 Å². The third-order valence-electron chi connectivity index (χ3n) is 2.72. The van der Waals surface area contributed by atoms with Gasteiger partial charge in [-0.15, -0.1) is 5.10 Å². The Kier molecular flexibility index (Phi) is 2.49. The van der Waals surface area contributed by atoms with Gasteiger partial charge in [-0.05, 0) is 35.5 Å². The standard InChI is InChI=1S/C11H13N5O/c1-8-13-14-15-16(8)11-4-2-3-9(5-11)12-10-6-17-7-10/h2-5,10,12H,6-7H2,1H3. The average Bonchev–Trinajstić information content (AvgIpc) is 2.71. The predicted octanol–water partition coefficient (Wildman–Crippen LogP) is 0.781. The third kappa shape index (κ3) is 1.99. The van der Waals surface area contributed by atoms with Gasteiger partial charge >= 0.3 is 0 Å². The molecule has 0 aliphatic carbocycles. The first-order chi connectivity index (χ1) is 8.33. The lowest BCUT2D eigenvalue weighted by atomic mass is 10.2. The molecule has 1 saturated heterocycles. The fraction of sp³-hybridized carbons (Fsp3) is 0.364. The van der Waals surface area contributed by atoms with Gasteiger partial charge in [0.25, 0.3) is 0 Å². The van der Waals surface area contributed by atoms with Crippen LogP contribution < -0.4 is 5.32 Å². The van der Waals surface area contributed by atoms with Crippen molar-refractivity contribution in [2.75, 3.05) is 18.5 Å². The van der Waals surface area contributed by atoms with Gasteiger partial charge in [0.2, 0.25) is 0 Å². The van der Waals surface area contributed by atoms with Crippen molar-refractivity contribution in [1.82, 2.24) is 20.2 Å². The van der Waals surface area contributed by atoms with Crippen molar-refractivity contribution in [3.63, 3.8) is 0 Å². The summed E-state index contributed by atoms with van der Waals surface area (Å²) in [6.45, 7) is 3.42. The van der Waals surface area contributed by atoms with Crippen LogP contribution in [0.1, 0.15) is 5.82 Å². The molecule has 2 heterocycles. The van der Waals surface area contributed by atoms with Crippen LogP contribution in [0.25, 0.3) is 5.69 Å². The highest BCUT2D eigenvalue weighted by molar-refractivity contribution is 5.51. The van der Waals surface area contributed by atoms with Gasteiger partial charge in [-0.3, -0.25) is 0 Å². The molecule has 0 atom stereocenters. The molecule has 0 saturated carbocycles. The first-order valence-electron chi connectivity index (χ1n) is 5.52. The maximum atomic E-state index is 5.13. The maximum Gasteiger partial charge on any atom is 0.153 e. The molecule has 0 unspecified atom stereocenters. The highest BCUT2D eigenvalue weighted by atomic mass is 16.5. The van der Waals surface area contributed by atoms with Crippen LogP contribution in [0.2, 0.25) is 0 Å². The van der Waals surface area contributed by atoms with E-state index in [2.05, 4.69) is 20.8 Å². The van der Waals surface area contributed by atoms with Gasteiger partial charge in [0.1, 0.15) is 0 Å². The molecule has 1 aromatic carbocycles. The second-order valence-electron chi connectivity index (χ2n) is 4.07. The molecule has 88 valence electrons. The summed E-state index contributed by atoms with van der Waals surface area (Å²) < 4.78 is 6.84. The van der Waals surface area contributed by atoms with Gasteiger partial charge in [-0.1, -0.05) is 6.07 Å². The lowest BCUT2D eigenvalue weighted by Gasteiger charge is -2.27. The number of nitrogens with zero attached hydrogens (tertiary/aromatic N) is 4. The van der Waals surface area contributed by atoms with Gasteiger partial charge in [0, 0.05) is 5.69 Å². The Labute approximate surface area is 98.6 Å². The number of benzene rings is 1. The Morgan fingerprint density at radius 1 is 1.41 bits per heavy atom. The number of rotatable bonds is 3. The van der Waals surface area contributed by atoms with E-state index >= 15 is 0 Å². The molecule has 1 aliphatic heterocycles. The van der Waals surface area contributed by atoms with E-state index in [-0.39, 0.29) is 0 Å². The van der Waals surface area contributed by atoms with Gasteiger partial charge in [-0.25, -0.2) is 0 Å². The summed E-state index contributed by atoms with van der Waals surface area (Å²) >= 11 is 0. The summed E-state index contributed by atoms with van der Waals surface area (Å²) in [5, 5.41) is 14.8. The maximum absolute atomic E-state index is 5.13. The first kappa shape index (κ1) is 10.2. The van der Waals surface area contributed by atoms with Crippen LogP contribution in [-0.4, -0.2) is 39.5 Å². The number of aryl methyl sites for hydroxylation is 1. The van der Waals surface area contributed by atoms with Gasteiger partial charge in [0.05, 0.1) is 24.9 Å². The van der Waals surface area contributed by atoms with E-state index in [9.17, 15) is 0 Å². The normalized spacial score (nSPS) is 15.6. The Morgan fingerprint density at radius 2 is 2.29 bits per heavy atom. The number of ether oxygens (including phenoxy) is 1. The molecule has 2 aromatic rings. The first-order valence-corrected chi connectivity index (χ1v) is 5.52. The molecule has 1 aromatic heterocycles. The third-order valence-corrected chi connectivity index (χ3v) is 2.72. The van der Waals surface area contributed by atoms with Crippen molar-refractivity contribution in [3.05, 3.63) is 30.1 Å². The molecule has 1 fully saturated rings. The number of hydrogen-bond acceptors (Lipinski definition) is 5. The lowest BCUT2D eigenvalue weighted by Crippen LogP contribution is -2.40. The number of anilines is 1. The molecular weight excluding hydrogens is 218 g/mol. The molecule has 0 spiro atoms. The number of aromatic nitrogens is 4. The summed E-state index contributed by atoms with van der Waals surface area (Å²) in [6, 6.07) is 8.44. The van der Waals surface area contributed by atoms with Crippen molar-refractivity contribution >= 4 is 5.69 Å². The van der Waals surface area contributed by atoms with Crippen LogP contribution in [0.5, 0.6) is 0 Å². The van der Waals surface area contributed by atoms with E-state index in [0.717, 1.165) is 30.4 Å². The molecule has 1 aliphatic rings. The van der Waals surface area contributed by atoms with E-state index in [1.807, 2.05) is 31.2 Å². The SMILES string of the molecule is Cc1nnnn1-c1cccc(NC2COC2)c1. The zero-order chi connectivity index (χ0) is 11.7. The zero-order valence-electron chi connectivity index (χ0n) is 9.50. The van der Waals surface area contributed by atoms with Crippen molar-refractivity contribution in [2.45, 2.75) is 13.0 Å². The molecule has 1 N–H and O–H groups in total. The Bertz CT molecular complexity index is 520. The predicted molar refractivity (Wildman–Crippen MR) is 62.1 cm³/mol. The van der Waals surface area contributed by atoms with Gasteiger partial charge in [0.15, 0.2) is 5.82 Å². The summed E-state index contributed by atoms with van der Waals surface area (Å²) in [7, 11) is 0. The number of tetrazole rings is 1. The van der Waals surface area contributed by atoms with E-state index in [4.69, 9.17) is 4.74 Å². The van der Waals surface area contributed by atoms with E-state index < -0.39 is 0 Å². The quantitative estimate of drug-likeness (QED) is 0.845. The molecule has 0 bridgehead atoms. The van der Waals surface area contributed by atoms with Gasteiger partial charge in [-0.2, -0.15) is 4.68 Å². The van der Waals surface area contributed by atoms with Crippen LogP contribution in [-0.2, 0) is 4.74 Å². The fourth-order valence-corrected chi connectivity index (χ4v) is 1.75. The van der Waals surface area contributed by atoms with Crippen molar-refractivity contribution in [2.24, 2.45) is 0 Å². The van der Waals surface area contributed by atoms with Crippen LogP contribution >= 0.6 is 0 Å². The minimum atomic E-state index is 0.417. The minimum Gasteiger partial charge on any atom is -0.378 e. The summed E-state index contributed by atoms with van der Waals surface area (Å²) in [6.07, 6.45) is 0. The van der Waals surface area contributed by atoms with E-state index in [1.54, 1.807) is 4.68 Å². The zero-order valence-corrected chi connectivity index (χ0v) is 9.50. The van der Waals surface area contributed by atoms with Crippen LogP contribution in [0.15, 0.2) is 24.3 Å². The van der Waals surface area contributed by atoms with Crippen LogP contribution in [0, 0.1) is 6.92 Å². The second-order valence-corrected chi connectivity index (χ2v) is 4.07. The molecule has 0 amide bonds. The average molecular weight is 231 g/mol. The largest absolute Gasteiger partial charge is 0.378 e. The van der Waals surface area contributed by atoms with E-state index in [0.29, 0.717) is 6.04 Å². The molecule has 17 heavy (non-hydrogen) atoms. The lowest BCUT2D eigenvalue weighted by molar-refractivity contribution is 0.0211. The van der Waals surface area contributed by atoms with Crippen molar-refractivity contribution in [1.29, 1.82) is 0 Å². The van der Waals surface area contributed by atoms with Crippen molar-refractivity contribution in [3.8, 4) is 5.69 Å². The molecular formula is C11H13N5O. The molecule has 3 rings (SSSR count). The van der Waals surface area contributed by atoms with Gasteiger partial charge < -0.3 is 10.1 Å². The van der Waals surface area contributed by atoms with E-state index in [1.165, 1.54) is 0 Å². The molecule has 6 heteroatoms. The Hall–Kier alpha value is -1.95. The second kappa shape index (κ2) is 4.14. The Balaban J connectivity index is 1.85. The minimum absolute atomic E-state index is 0.417. The molecule has 6 nitrogen and oxygen atoms in total. The number of nitrogens with one attached hydrogen (secondary N) is 1. The summed E-state index contributed by atoms with van der Waals surface area (Å²) in [5.74, 6) is 0.772. The molecule has 0 radical (unpaired) electrons. The van der Waals surface area contributed by atoms with Crippen molar-refractivity contribution < 1.29 is 4.74 Å². The summed E-state index contributed by atoms with van der Waals surface area (Å²) in [4.78, 5) is 0. The topological polar surface area (TPSA) is 64.9 Å². The fourth-order valence-electron chi connectivity index (χ4n) is 1.75. The summed E-state index contributed by atoms with van der Waals surface area (Å²) in [5.41, 5.74) is 2.02. The highest BCUT2D eigenvalue weighted by Gasteiger charge is 2.17.